The second-order valence-electron chi connectivity index (χ2n) is 9.86. The van der Waals surface area contributed by atoms with Gasteiger partial charge in [0.15, 0.2) is 0 Å². The summed E-state index contributed by atoms with van der Waals surface area (Å²) in [4.78, 5) is 11.2. The summed E-state index contributed by atoms with van der Waals surface area (Å²) in [5.74, 6) is -0.362. The lowest BCUT2D eigenvalue weighted by atomic mass is 10.0. The number of carbonyl (C=O) groups is 1. The van der Waals surface area contributed by atoms with Gasteiger partial charge in [-0.05, 0) is 13.3 Å². The van der Waals surface area contributed by atoms with Crippen LogP contribution in [-0.2, 0) is 19.0 Å². The number of esters is 1. The normalized spacial score (nSPS) is 11.1. The molecule has 0 fully saturated rings. The molecule has 0 N–H and O–H groups in total. The Labute approximate surface area is 212 Å². The molecule has 0 saturated carbocycles. The lowest BCUT2D eigenvalue weighted by Crippen LogP contribution is -2.13. The van der Waals surface area contributed by atoms with Gasteiger partial charge >= 0.3 is 5.97 Å². The number of carbonyl (C=O) groups excluding carboxylic acids is 1. The molecule has 0 aromatic heterocycles. The zero-order chi connectivity index (χ0) is 25.0. The van der Waals surface area contributed by atoms with E-state index in [1.165, 1.54) is 122 Å². The van der Waals surface area contributed by atoms with Crippen molar-refractivity contribution in [1.29, 1.82) is 0 Å². The van der Waals surface area contributed by atoms with Gasteiger partial charge in [0.2, 0.25) is 0 Å². The molecule has 0 saturated heterocycles. The van der Waals surface area contributed by atoms with Crippen LogP contribution in [0.3, 0.4) is 0 Å². The molecule has 0 atom stereocenters. The van der Waals surface area contributed by atoms with E-state index in [4.69, 9.17) is 14.2 Å². The average Bonchev–Trinajstić information content (AvgIpc) is 2.83. The van der Waals surface area contributed by atoms with Gasteiger partial charge in [-0.1, -0.05) is 135 Å². The fourth-order valence-corrected chi connectivity index (χ4v) is 4.10. The third kappa shape index (κ3) is 27.4. The smallest absolute Gasteiger partial charge is 0.333 e. The Hall–Kier alpha value is -0.870. The van der Waals surface area contributed by atoms with E-state index in [1.54, 1.807) is 6.92 Å². The standard InChI is InChI=1S/C30H58O4/c1-4-5-6-7-8-9-10-11-12-13-14-15-16-17-18-19-20-21-22-23-24-32-25-26-33-27-28-34-30(31)29(2)3/h2,4-28H2,1,3H3. The van der Waals surface area contributed by atoms with E-state index in [9.17, 15) is 4.79 Å². The topological polar surface area (TPSA) is 44.8 Å². The summed E-state index contributed by atoms with van der Waals surface area (Å²) >= 11 is 0. The monoisotopic (exact) mass is 482 g/mol. The van der Waals surface area contributed by atoms with Crippen molar-refractivity contribution in [3.05, 3.63) is 12.2 Å². The van der Waals surface area contributed by atoms with Crippen LogP contribution in [0.25, 0.3) is 0 Å². The van der Waals surface area contributed by atoms with Crippen molar-refractivity contribution in [3.8, 4) is 0 Å². The first-order chi connectivity index (χ1) is 16.7. The molecule has 0 rings (SSSR count). The number of unbranched alkanes of at least 4 members (excludes halogenated alkanes) is 19. The summed E-state index contributed by atoms with van der Waals surface area (Å²) in [5.41, 5.74) is 0.415. The molecule has 0 aliphatic rings. The third-order valence-electron chi connectivity index (χ3n) is 6.32. The van der Waals surface area contributed by atoms with Crippen molar-refractivity contribution in [3.63, 3.8) is 0 Å². The van der Waals surface area contributed by atoms with E-state index in [0.29, 0.717) is 25.4 Å². The summed E-state index contributed by atoms with van der Waals surface area (Å²) in [7, 11) is 0. The summed E-state index contributed by atoms with van der Waals surface area (Å²) in [5, 5.41) is 0. The molecule has 0 aliphatic heterocycles. The lowest BCUT2D eigenvalue weighted by Gasteiger charge is -2.07. The van der Waals surface area contributed by atoms with E-state index >= 15 is 0 Å². The number of ether oxygens (including phenoxy) is 3. The maximum Gasteiger partial charge on any atom is 0.333 e. The summed E-state index contributed by atoms with van der Waals surface area (Å²) in [6, 6.07) is 0. The van der Waals surface area contributed by atoms with Crippen LogP contribution in [0.5, 0.6) is 0 Å². The van der Waals surface area contributed by atoms with E-state index in [1.807, 2.05) is 0 Å². The molecule has 4 heteroatoms. The molecule has 0 bridgehead atoms. The Bertz CT molecular complexity index is 436. The maximum atomic E-state index is 11.2. The average molecular weight is 483 g/mol. The number of hydrogen-bond donors (Lipinski definition) is 0. The first-order valence-electron chi connectivity index (χ1n) is 14.7. The molecular formula is C30H58O4. The predicted molar refractivity (Wildman–Crippen MR) is 145 cm³/mol. The summed E-state index contributed by atoms with van der Waals surface area (Å²) in [6.07, 6.45) is 28.1. The van der Waals surface area contributed by atoms with E-state index in [2.05, 4.69) is 13.5 Å². The highest BCUT2D eigenvalue weighted by Crippen LogP contribution is 2.14. The Morgan fingerprint density at radius 1 is 0.500 bits per heavy atom. The molecule has 202 valence electrons. The van der Waals surface area contributed by atoms with Crippen molar-refractivity contribution in [2.24, 2.45) is 0 Å². The van der Waals surface area contributed by atoms with E-state index < -0.39 is 0 Å². The summed E-state index contributed by atoms with van der Waals surface area (Å²) < 4.78 is 15.9. The first-order valence-corrected chi connectivity index (χ1v) is 14.7. The van der Waals surface area contributed by atoms with Crippen LogP contribution in [0.4, 0.5) is 0 Å². The molecule has 0 radical (unpaired) electrons. The largest absolute Gasteiger partial charge is 0.460 e. The maximum absolute atomic E-state index is 11.2. The van der Waals surface area contributed by atoms with Crippen LogP contribution < -0.4 is 0 Å². The Morgan fingerprint density at radius 3 is 1.21 bits per heavy atom. The fourth-order valence-electron chi connectivity index (χ4n) is 4.10. The summed E-state index contributed by atoms with van der Waals surface area (Å²) in [6.45, 7) is 10.1. The van der Waals surface area contributed by atoms with Crippen LogP contribution in [0, 0.1) is 0 Å². The van der Waals surface area contributed by atoms with Gasteiger partial charge in [0, 0.05) is 12.2 Å². The minimum Gasteiger partial charge on any atom is -0.460 e. The molecule has 0 amide bonds. The van der Waals surface area contributed by atoms with E-state index in [0.717, 1.165) is 13.0 Å². The van der Waals surface area contributed by atoms with Crippen LogP contribution in [-0.4, -0.2) is 39.0 Å². The molecule has 0 aliphatic carbocycles. The first kappa shape index (κ1) is 33.1. The predicted octanol–water partition coefficient (Wildman–Crippen LogP) is 8.96. The van der Waals surface area contributed by atoms with Crippen LogP contribution in [0.1, 0.15) is 142 Å². The van der Waals surface area contributed by atoms with Gasteiger partial charge in [-0.2, -0.15) is 0 Å². The highest BCUT2D eigenvalue weighted by Gasteiger charge is 2.01. The highest BCUT2D eigenvalue weighted by molar-refractivity contribution is 5.86. The fraction of sp³-hybridized carbons (Fsp3) is 0.900. The Kier molecular flexibility index (Phi) is 27.6. The molecule has 0 heterocycles. The van der Waals surface area contributed by atoms with Crippen molar-refractivity contribution >= 4 is 5.97 Å². The van der Waals surface area contributed by atoms with Gasteiger partial charge in [-0.3, -0.25) is 0 Å². The van der Waals surface area contributed by atoms with Gasteiger partial charge in [0.05, 0.1) is 19.8 Å². The minimum absolute atomic E-state index is 0.269. The van der Waals surface area contributed by atoms with E-state index in [-0.39, 0.29) is 12.6 Å². The van der Waals surface area contributed by atoms with Crippen molar-refractivity contribution in [1.82, 2.24) is 0 Å². The molecule has 4 nitrogen and oxygen atoms in total. The Morgan fingerprint density at radius 2 is 0.824 bits per heavy atom. The molecule has 0 unspecified atom stereocenters. The molecule has 0 spiro atoms. The van der Waals surface area contributed by atoms with Gasteiger partial charge in [-0.15, -0.1) is 0 Å². The van der Waals surface area contributed by atoms with Gasteiger partial charge in [0.25, 0.3) is 0 Å². The van der Waals surface area contributed by atoms with Gasteiger partial charge < -0.3 is 14.2 Å². The van der Waals surface area contributed by atoms with Gasteiger partial charge in [-0.25, -0.2) is 4.79 Å². The van der Waals surface area contributed by atoms with Crippen molar-refractivity contribution in [2.75, 3.05) is 33.0 Å². The van der Waals surface area contributed by atoms with Crippen molar-refractivity contribution in [2.45, 2.75) is 142 Å². The van der Waals surface area contributed by atoms with Crippen LogP contribution in [0.15, 0.2) is 12.2 Å². The lowest BCUT2D eigenvalue weighted by molar-refractivity contribution is -0.140. The molecular weight excluding hydrogens is 424 g/mol. The number of hydrogen-bond acceptors (Lipinski definition) is 4. The Balaban J connectivity index is 3.05. The zero-order valence-electron chi connectivity index (χ0n) is 23.0. The third-order valence-corrected chi connectivity index (χ3v) is 6.32. The molecule has 0 aromatic carbocycles. The number of rotatable bonds is 28. The van der Waals surface area contributed by atoms with Crippen LogP contribution >= 0.6 is 0 Å². The van der Waals surface area contributed by atoms with Crippen molar-refractivity contribution < 1.29 is 19.0 Å². The highest BCUT2D eigenvalue weighted by atomic mass is 16.6. The SMILES string of the molecule is C=C(C)C(=O)OCCOCCOCCCCCCCCCCCCCCCCCCCCCC. The second kappa shape index (κ2) is 28.4. The quantitative estimate of drug-likeness (QED) is 0.0634. The molecule has 0 aromatic rings. The molecule has 34 heavy (non-hydrogen) atoms. The van der Waals surface area contributed by atoms with Gasteiger partial charge in [0.1, 0.15) is 6.61 Å². The zero-order valence-corrected chi connectivity index (χ0v) is 23.0. The van der Waals surface area contributed by atoms with Crippen LogP contribution in [0.2, 0.25) is 0 Å². The minimum atomic E-state index is -0.362. The second-order valence-corrected chi connectivity index (χ2v) is 9.86.